The minimum absolute atomic E-state index is 0.147. The second kappa shape index (κ2) is 8.24. The molecular weight excluding hydrogens is 475 g/mol. The molecule has 4 nitrogen and oxygen atoms in total. The third-order valence-corrected chi connectivity index (χ3v) is 6.23. The average molecular weight is 493 g/mol. The Bertz CT molecular complexity index is 1210. The zero-order chi connectivity index (χ0) is 21.4. The summed E-state index contributed by atoms with van der Waals surface area (Å²) in [6.07, 6.45) is 3.78. The molecule has 1 fully saturated rings. The number of thiocarbonyl (C=S) groups is 1. The van der Waals surface area contributed by atoms with Crippen LogP contribution in [-0.2, 0) is 0 Å². The quantitative estimate of drug-likeness (QED) is 0.356. The van der Waals surface area contributed by atoms with E-state index in [1.807, 2.05) is 54.7 Å². The smallest absolute Gasteiger partial charge is 0.174 e. The summed E-state index contributed by atoms with van der Waals surface area (Å²) < 4.78 is 16.6. The van der Waals surface area contributed by atoms with E-state index in [0.717, 1.165) is 27.2 Å². The third kappa shape index (κ3) is 3.75. The zero-order valence-corrected chi connectivity index (χ0v) is 18.7. The Balaban J connectivity index is 1.66. The molecule has 31 heavy (non-hydrogen) atoms. The van der Waals surface area contributed by atoms with E-state index in [1.165, 1.54) is 12.1 Å². The second-order valence-electron chi connectivity index (χ2n) is 7.25. The molecule has 2 unspecified atom stereocenters. The van der Waals surface area contributed by atoms with Crippen LogP contribution in [0.15, 0.2) is 95.7 Å². The maximum atomic E-state index is 13.5. The number of rotatable bonds is 4. The van der Waals surface area contributed by atoms with Gasteiger partial charge in [0.15, 0.2) is 5.11 Å². The molecule has 0 aliphatic carbocycles. The van der Waals surface area contributed by atoms with Crippen molar-refractivity contribution in [1.82, 2.24) is 14.9 Å². The summed E-state index contributed by atoms with van der Waals surface area (Å²) in [5, 5.41) is 4.10. The topological polar surface area (TPSA) is 33.1 Å². The Labute approximate surface area is 193 Å². The van der Waals surface area contributed by atoms with E-state index in [4.69, 9.17) is 12.2 Å². The number of pyridine rings is 1. The molecule has 154 valence electrons. The molecule has 0 saturated carbocycles. The Hall–Kier alpha value is -3.03. The van der Waals surface area contributed by atoms with Crippen LogP contribution in [0.25, 0.3) is 5.69 Å². The van der Waals surface area contributed by atoms with Crippen LogP contribution in [0.3, 0.4) is 0 Å². The molecule has 0 radical (unpaired) electrons. The van der Waals surface area contributed by atoms with Crippen LogP contribution in [-0.4, -0.2) is 14.7 Å². The van der Waals surface area contributed by atoms with Crippen molar-refractivity contribution in [1.29, 1.82) is 0 Å². The number of halogens is 2. The van der Waals surface area contributed by atoms with Gasteiger partial charge < -0.3 is 14.8 Å². The first-order valence-corrected chi connectivity index (χ1v) is 11.0. The van der Waals surface area contributed by atoms with Crippen LogP contribution in [0.2, 0.25) is 0 Å². The van der Waals surface area contributed by atoms with Gasteiger partial charge in [-0.25, -0.2) is 4.39 Å². The number of benzene rings is 2. The first-order chi connectivity index (χ1) is 15.1. The standard InChI is InChI=1S/C24H18BrFN4S/c25-16-6-10-19(11-7-16)30-23(22(28-24(30)31)20-4-1-2-14-27-20)21-5-3-15-29(21)18-12-8-17(26)9-13-18/h1-15,22-23H,(H,28,31). The van der Waals surface area contributed by atoms with Crippen LogP contribution in [0.5, 0.6) is 0 Å². The maximum absolute atomic E-state index is 13.5. The molecular formula is C24H18BrFN4S. The first kappa shape index (κ1) is 19.9. The van der Waals surface area contributed by atoms with Gasteiger partial charge in [-0.05, 0) is 85.0 Å². The van der Waals surface area contributed by atoms with E-state index in [0.29, 0.717) is 5.11 Å². The van der Waals surface area contributed by atoms with Crippen molar-refractivity contribution in [2.75, 3.05) is 4.90 Å². The monoisotopic (exact) mass is 492 g/mol. The number of aromatic nitrogens is 2. The van der Waals surface area contributed by atoms with Crippen molar-refractivity contribution in [3.05, 3.63) is 113 Å². The van der Waals surface area contributed by atoms with Crippen LogP contribution in [0.1, 0.15) is 23.5 Å². The predicted octanol–water partition coefficient (Wildman–Crippen LogP) is 5.95. The summed E-state index contributed by atoms with van der Waals surface area (Å²) in [5.41, 5.74) is 3.80. The normalized spacial score (nSPS) is 18.3. The molecule has 0 bridgehead atoms. The van der Waals surface area contributed by atoms with E-state index in [9.17, 15) is 4.39 Å². The lowest BCUT2D eigenvalue weighted by Crippen LogP contribution is -2.30. The van der Waals surface area contributed by atoms with Crippen molar-refractivity contribution >= 4 is 38.9 Å². The van der Waals surface area contributed by atoms with Crippen LogP contribution in [0, 0.1) is 5.82 Å². The third-order valence-electron chi connectivity index (χ3n) is 5.39. The van der Waals surface area contributed by atoms with Crippen molar-refractivity contribution in [2.45, 2.75) is 12.1 Å². The average Bonchev–Trinajstić information content (AvgIpc) is 3.40. The molecule has 2 aromatic carbocycles. The Kier molecular flexibility index (Phi) is 5.29. The highest BCUT2D eigenvalue weighted by molar-refractivity contribution is 9.10. The van der Waals surface area contributed by atoms with Gasteiger partial charge in [0.1, 0.15) is 11.9 Å². The number of nitrogens with one attached hydrogen (secondary N) is 1. The van der Waals surface area contributed by atoms with Crippen molar-refractivity contribution in [3.63, 3.8) is 0 Å². The van der Waals surface area contributed by atoms with Crippen LogP contribution in [0.4, 0.5) is 10.1 Å². The van der Waals surface area contributed by atoms with Gasteiger partial charge in [-0.2, -0.15) is 0 Å². The highest BCUT2D eigenvalue weighted by Crippen LogP contribution is 2.42. The first-order valence-electron chi connectivity index (χ1n) is 9.81. The molecule has 5 rings (SSSR count). The maximum Gasteiger partial charge on any atom is 0.174 e. The number of hydrogen-bond donors (Lipinski definition) is 1. The largest absolute Gasteiger partial charge is 0.351 e. The molecule has 7 heteroatoms. The van der Waals surface area contributed by atoms with E-state index in [1.54, 1.807) is 18.3 Å². The number of nitrogens with zero attached hydrogens (tertiary/aromatic N) is 3. The Morgan fingerprint density at radius 2 is 1.65 bits per heavy atom. The fourth-order valence-electron chi connectivity index (χ4n) is 4.01. The van der Waals surface area contributed by atoms with Crippen LogP contribution < -0.4 is 10.2 Å². The Morgan fingerprint density at radius 1 is 0.903 bits per heavy atom. The van der Waals surface area contributed by atoms with Gasteiger partial charge in [0.2, 0.25) is 0 Å². The highest BCUT2D eigenvalue weighted by atomic mass is 79.9. The summed E-state index contributed by atoms with van der Waals surface area (Å²) in [4.78, 5) is 6.72. The fourth-order valence-corrected chi connectivity index (χ4v) is 4.62. The van der Waals surface area contributed by atoms with Crippen molar-refractivity contribution < 1.29 is 4.39 Å². The lowest BCUT2D eigenvalue weighted by molar-refractivity contribution is 0.549. The molecule has 2 atom stereocenters. The van der Waals surface area contributed by atoms with Crippen molar-refractivity contribution in [3.8, 4) is 5.69 Å². The minimum atomic E-state index is -0.260. The lowest BCUT2D eigenvalue weighted by atomic mass is 10.0. The van der Waals surface area contributed by atoms with Gasteiger partial charge in [0.25, 0.3) is 0 Å². The number of hydrogen-bond acceptors (Lipinski definition) is 2. The van der Waals surface area contributed by atoms with E-state index < -0.39 is 0 Å². The van der Waals surface area contributed by atoms with Gasteiger partial charge in [-0.1, -0.05) is 22.0 Å². The molecule has 1 aliphatic rings. The molecule has 1 aliphatic heterocycles. The molecule has 0 spiro atoms. The van der Waals surface area contributed by atoms with Gasteiger partial charge >= 0.3 is 0 Å². The summed E-state index contributed by atoms with van der Waals surface area (Å²) in [6.45, 7) is 0. The summed E-state index contributed by atoms with van der Waals surface area (Å²) in [7, 11) is 0. The SMILES string of the molecule is Fc1ccc(-n2cccc2C2C(c3ccccn3)NC(=S)N2c2ccc(Br)cc2)cc1. The molecule has 3 heterocycles. The lowest BCUT2D eigenvalue weighted by Gasteiger charge is -2.29. The summed E-state index contributed by atoms with van der Waals surface area (Å²) in [6, 6.07) is 24.2. The van der Waals surface area contributed by atoms with E-state index >= 15 is 0 Å². The molecule has 1 N–H and O–H groups in total. The zero-order valence-electron chi connectivity index (χ0n) is 16.3. The van der Waals surface area contributed by atoms with Gasteiger partial charge in [0, 0.05) is 33.9 Å². The summed E-state index contributed by atoms with van der Waals surface area (Å²) >= 11 is 9.28. The van der Waals surface area contributed by atoms with Gasteiger partial charge in [0.05, 0.1) is 11.7 Å². The van der Waals surface area contributed by atoms with Crippen molar-refractivity contribution in [2.24, 2.45) is 0 Å². The Morgan fingerprint density at radius 3 is 2.35 bits per heavy atom. The molecule has 4 aromatic rings. The fraction of sp³-hybridized carbons (Fsp3) is 0.0833. The summed E-state index contributed by atoms with van der Waals surface area (Å²) in [5.74, 6) is -0.260. The number of anilines is 1. The van der Waals surface area contributed by atoms with Gasteiger partial charge in [-0.3, -0.25) is 4.98 Å². The molecule has 2 aromatic heterocycles. The molecule has 0 amide bonds. The molecule has 1 saturated heterocycles. The van der Waals surface area contributed by atoms with Gasteiger partial charge in [-0.15, -0.1) is 0 Å². The van der Waals surface area contributed by atoms with Crippen LogP contribution >= 0.6 is 28.1 Å². The predicted molar refractivity (Wildman–Crippen MR) is 128 cm³/mol. The highest BCUT2D eigenvalue weighted by Gasteiger charge is 2.42. The second-order valence-corrected chi connectivity index (χ2v) is 8.55. The van der Waals surface area contributed by atoms with E-state index in [-0.39, 0.29) is 17.9 Å². The minimum Gasteiger partial charge on any atom is -0.351 e. The van der Waals surface area contributed by atoms with E-state index in [2.05, 4.69) is 41.8 Å².